The zero-order valence-electron chi connectivity index (χ0n) is 13.0. The molecular formula is C17H24N2O2. The van der Waals surface area contributed by atoms with Gasteiger partial charge >= 0.3 is 0 Å². The van der Waals surface area contributed by atoms with Crippen LogP contribution >= 0.6 is 0 Å². The monoisotopic (exact) mass is 288 g/mol. The van der Waals surface area contributed by atoms with Crippen molar-refractivity contribution >= 4 is 0 Å². The molecule has 0 bridgehead atoms. The van der Waals surface area contributed by atoms with Gasteiger partial charge in [-0.3, -0.25) is 4.90 Å². The number of nitrogens with two attached hydrogens (primary N) is 1. The molecular weight excluding hydrogens is 264 g/mol. The molecule has 4 nitrogen and oxygen atoms in total. The van der Waals surface area contributed by atoms with Crippen LogP contribution in [0.1, 0.15) is 28.7 Å². The summed E-state index contributed by atoms with van der Waals surface area (Å²) in [5, 5.41) is 0. The lowest BCUT2D eigenvalue weighted by Crippen LogP contribution is -2.30. The predicted molar refractivity (Wildman–Crippen MR) is 83.9 cm³/mol. The average molecular weight is 288 g/mol. The Labute approximate surface area is 126 Å². The molecule has 0 aliphatic heterocycles. The Bertz CT molecular complexity index is 565. The molecule has 21 heavy (non-hydrogen) atoms. The first kappa shape index (κ1) is 15.8. The smallest absolute Gasteiger partial charge is 0.118 e. The highest BCUT2D eigenvalue weighted by Gasteiger charge is 2.19. The molecule has 0 radical (unpaired) electrons. The number of benzene rings is 1. The van der Waals surface area contributed by atoms with Crippen molar-refractivity contribution in [3.8, 4) is 0 Å². The quantitative estimate of drug-likeness (QED) is 0.851. The van der Waals surface area contributed by atoms with E-state index in [-0.39, 0.29) is 6.04 Å². The van der Waals surface area contributed by atoms with E-state index in [2.05, 4.69) is 24.1 Å². The summed E-state index contributed by atoms with van der Waals surface area (Å²) in [6, 6.07) is 12.4. The summed E-state index contributed by atoms with van der Waals surface area (Å²) in [4.78, 5) is 2.22. The first-order valence-electron chi connectivity index (χ1n) is 7.18. The molecule has 2 N–H and O–H groups in total. The molecule has 1 aromatic heterocycles. The van der Waals surface area contributed by atoms with Crippen LogP contribution in [0.25, 0.3) is 0 Å². The minimum atomic E-state index is 0.141. The molecule has 1 aromatic carbocycles. The highest BCUT2D eigenvalue weighted by atomic mass is 16.5. The molecule has 1 atom stereocenters. The van der Waals surface area contributed by atoms with E-state index >= 15 is 0 Å². The molecule has 2 rings (SSSR count). The molecule has 0 saturated carbocycles. The number of methoxy groups -OCH3 is 1. The van der Waals surface area contributed by atoms with Gasteiger partial charge in [0.1, 0.15) is 11.5 Å². The second kappa shape index (κ2) is 7.41. The van der Waals surface area contributed by atoms with Crippen LogP contribution < -0.4 is 5.73 Å². The van der Waals surface area contributed by atoms with E-state index in [4.69, 9.17) is 14.9 Å². The number of furan rings is 1. The van der Waals surface area contributed by atoms with E-state index in [9.17, 15) is 0 Å². The Hall–Kier alpha value is -1.62. The van der Waals surface area contributed by atoms with E-state index in [0.29, 0.717) is 13.2 Å². The van der Waals surface area contributed by atoms with Crippen LogP contribution in [0.4, 0.5) is 0 Å². The van der Waals surface area contributed by atoms with Crippen molar-refractivity contribution in [3.05, 3.63) is 59.0 Å². The van der Waals surface area contributed by atoms with Crippen LogP contribution in [-0.4, -0.2) is 25.6 Å². The Balaban J connectivity index is 2.18. The molecule has 1 heterocycles. The summed E-state index contributed by atoms with van der Waals surface area (Å²) in [5.41, 5.74) is 8.41. The number of nitrogens with zero attached hydrogens (tertiary/aromatic N) is 1. The summed E-state index contributed by atoms with van der Waals surface area (Å²) in [7, 11) is 3.78. The van der Waals surface area contributed by atoms with E-state index in [1.807, 2.05) is 31.2 Å². The normalized spacial score (nSPS) is 12.8. The van der Waals surface area contributed by atoms with E-state index in [1.54, 1.807) is 7.11 Å². The fraction of sp³-hybridized carbons (Fsp3) is 0.412. The third-order valence-electron chi connectivity index (χ3n) is 3.67. The van der Waals surface area contributed by atoms with Crippen LogP contribution in [0.15, 0.2) is 40.8 Å². The van der Waals surface area contributed by atoms with E-state index < -0.39 is 0 Å². The lowest BCUT2D eigenvalue weighted by molar-refractivity contribution is 0.178. The zero-order valence-corrected chi connectivity index (χ0v) is 13.0. The Morgan fingerprint density at radius 2 is 2.00 bits per heavy atom. The summed E-state index contributed by atoms with van der Waals surface area (Å²) in [6.07, 6.45) is 0. The van der Waals surface area contributed by atoms with Gasteiger partial charge in [-0.15, -0.1) is 0 Å². The number of ether oxygens (including phenoxy) is 1. The second-order valence-electron chi connectivity index (χ2n) is 5.31. The second-order valence-corrected chi connectivity index (χ2v) is 5.31. The molecule has 114 valence electrons. The Morgan fingerprint density at radius 3 is 2.62 bits per heavy atom. The van der Waals surface area contributed by atoms with Crippen LogP contribution in [0.5, 0.6) is 0 Å². The van der Waals surface area contributed by atoms with E-state index in [1.165, 1.54) is 11.1 Å². The fourth-order valence-corrected chi connectivity index (χ4v) is 2.62. The standard InChI is InChI=1S/C17H24N2O2/c1-13-8-9-15(21-13)11-19(2)17(10-18)16-7-5-4-6-14(16)12-20-3/h4-9,17H,10-12,18H2,1-3H3. The average Bonchev–Trinajstić information content (AvgIpc) is 2.87. The van der Waals surface area contributed by atoms with Crippen molar-refractivity contribution < 1.29 is 9.15 Å². The maximum Gasteiger partial charge on any atom is 0.118 e. The zero-order chi connectivity index (χ0) is 15.2. The fourth-order valence-electron chi connectivity index (χ4n) is 2.62. The lowest BCUT2D eigenvalue weighted by atomic mass is 9.99. The van der Waals surface area contributed by atoms with Crippen molar-refractivity contribution in [2.24, 2.45) is 5.73 Å². The largest absolute Gasteiger partial charge is 0.465 e. The van der Waals surface area contributed by atoms with Gasteiger partial charge in [0.2, 0.25) is 0 Å². The maximum absolute atomic E-state index is 6.02. The maximum atomic E-state index is 6.02. The predicted octanol–water partition coefficient (Wildman–Crippen LogP) is 2.87. The molecule has 2 aromatic rings. The van der Waals surface area contributed by atoms with Crippen LogP contribution in [0, 0.1) is 6.92 Å². The van der Waals surface area contributed by atoms with Gasteiger partial charge in [0, 0.05) is 19.7 Å². The van der Waals surface area contributed by atoms with Gasteiger partial charge in [0.15, 0.2) is 0 Å². The third-order valence-corrected chi connectivity index (χ3v) is 3.67. The molecule has 0 fully saturated rings. The minimum Gasteiger partial charge on any atom is -0.465 e. The topological polar surface area (TPSA) is 51.6 Å². The number of hydrogen-bond donors (Lipinski definition) is 1. The Kier molecular flexibility index (Phi) is 5.56. The van der Waals surface area contributed by atoms with Crippen molar-refractivity contribution in [1.82, 2.24) is 4.90 Å². The van der Waals surface area contributed by atoms with Gasteiger partial charge in [-0.1, -0.05) is 24.3 Å². The van der Waals surface area contributed by atoms with Gasteiger partial charge in [0.05, 0.1) is 13.2 Å². The third kappa shape index (κ3) is 3.94. The highest BCUT2D eigenvalue weighted by Crippen LogP contribution is 2.24. The molecule has 4 heteroatoms. The van der Waals surface area contributed by atoms with Crippen molar-refractivity contribution in [2.45, 2.75) is 26.1 Å². The summed E-state index contributed by atoms with van der Waals surface area (Å²) in [6.45, 7) is 3.84. The highest BCUT2D eigenvalue weighted by molar-refractivity contribution is 5.30. The summed E-state index contributed by atoms with van der Waals surface area (Å²) >= 11 is 0. The summed E-state index contributed by atoms with van der Waals surface area (Å²) in [5.74, 6) is 1.89. The molecule has 0 amide bonds. The van der Waals surface area contributed by atoms with E-state index in [0.717, 1.165) is 18.1 Å². The first-order valence-corrected chi connectivity index (χ1v) is 7.18. The number of likely N-dealkylation sites (N-methyl/N-ethyl adjacent to an activating group) is 1. The van der Waals surface area contributed by atoms with Gasteiger partial charge in [0.25, 0.3) is 0 Å². The van der Waals surface area contributed by atoms with Crippen molar-refractivity contribution in [3.63, 3.8) is 0 Å². The van der Waals surface area contributed by atoms with Gasteiger partial charge in [-0.25, -0.2) is 0 Å². The minimum absolute atomic E-state index is 0.141. The molecule has 0 aliphatic rings. The number of hydrogen-bond acceptors (Lipinski definition) is 4. The SMILES string of the molecule is COCc1ccccc1C(CN)N(C)Cc1ccc(C)o1. The van der Waals surface area contributed by atoms with Crippen molar-refractivity contribution in [2.75, 3.05) is 20.7 Å². The van der Waals surface area contributed by atoms with Crippen molar-refractivity contribution in [1.29, 1.82) is 0 Å². The number of aryl methyl sites for hydroxylation is 1. The molecule has 1 unspecified atom stereocenters. The van der Waals surface area contributed by atoms with Crippen LogP contribution in [0.2, 0.25) is 0 Å². The van der Waals surface area contributed by atoms with Crippen LogP contribution in [0.3, 0.4) is 0 Å². The van der Waals surface area contributed by atoms with Gasteiger partial charge in [-0.2, -0.15) is 0 Å². The molecule has 0 aliphatic carbocycles. The van der Waals surface area contributed by atoms with Gasteiger partial charge < -0.3 is 14.9 Å². The number of rotatable bonds is 7. The first-order chi connectivity index (χ1) is 10.2. The van der Waals surface area contributed by atoms with Crippen LogP contribution in [-0.2, 0) is 17.9 Å². The lowest BCUT2D eigenvalue weighted by Gasteiger charge is -2.28. The summed E-state index contributed by atoms with van der Waals surface area (Å²) < 4.78 is 10.9. The van der Waals surface area contributed by atoms with Gasteiger partial charge in [-0.05, 0) is 37.2 Å². The molecule has 0 spiro atoms. The molecule has 0 saturated heterocycles. The Morgan fingerprint density at radius 1 is 1.24 bits per heavy atom.